The van der Waals surface area contributed by atoms with Crippen molar-refractivity contribution in [3.05, 3.63) is 71.8 Å². The van der Waals surface area contributed by atoms with Gasteiger partial charge in [-0.2, -0.15) is 0 Å². The molecule has 0 saturated carbocycles. The second-order valence-electron chi connectivity index (χ2n) is 9.19. The number of hydrogen-bond acceptors (Lipinski definition) is 5. The van der Waals surface area contributed by atoms with Gasteiger partial charge in [-0.25, -0.2) is 13.8 Å². The number of hydrogen-bond donors (Lipinski definition) is 1. The molecule has 2 rings (SSSR count). The second-order valence-corrected chi connectivity index (χ2v) is 10.8. The third kappa shape index (κ3) is 8.55. The first kappa shape index (κ1) is 27.0. The summed E-state index contributed by atoms with van der Waals surface area (Å²) in [5.74, 6) is 0. The molecule has 2 aromatic carbocycles. The summed E-state index contributed by atoms with van der Waals surface area (Å²) >= 11 is 0. The minimum absolute atomic E-state index is 0.0663. The molecule has 0 bridgehead atoms. The van der Waals surface area contributed by atoms with Crippen LogP contribution in [0, 0.1) is 0 Å². The van der Waals surface area contributed by atoms with Crippen LogP contribution < -0.4 is 0 Å². The van der Waals surface area contributed by atoms with Crippen LogP contribution in [0.15, 0.2) is 60.7 Å². The van der Waals surface area contributed by atoms with Gasteiger partial charge in [-0.3, -0.25) is 13.6 Å². The van der Waals surface area contributed by atoms with Crippen LogP contribution in [0.1, 0.15) is 45.7 Å². The summed E-state index contributed by atoms with van der Waals surface area (Å²) in [4.78, 5) is 12.6. The predicted molar refractivity (Wildman–Crippen MR) is 125 cm³/mol. The van der Waals surface area contributed by atoms with Crippen LogP contribution in [0.5, 0.6) is 0 Å². The van der Waals surface area contributed by atoms with Crippen molar-refractivity contribution in [1.82, 2.24) is 4.90 Å². The molecule has 0 fully saturated rings. The van der Waals surface area contributed by atoms with Crippen LogP contribution in [0.2, 0.25) is 0 Å². The Bertz CT molecular complexity index is 885. The summed E-state index contributed by atoms with van der Waals surface area (Å²) in [5, 5.41) is 9.49. The molecule has 1 amide bonds. The minimum atomic E-state index is -4.24. The van der Waals surface area contributed by atoms with Crippen LogP contribution in [0.25, 0.3) is 0 Å². The third-order valence-electron chi connectivity index (χ3n) is 4.95. The molecule has 0 radical (unpaired) electrons. The standard InChI is InChI=1S/C24H33FNO6P/c1-23(2,3)26(22(27)28)16-21(25)24(4,5)32-33(29,30-17-19-12-8-6-9-13-19)31-18-20-14-10-7-11-15-20/h6-15,21H,16-18H2,1-5H3,(H,27,28). The first-order valence-electron chi connectivity index (χ1n) is 10.6. The molecule has 0 spiro atoms. The van der Waals surface area contributed by atoms with Gasteiger partial charge in [0.05, 0.1) is 19.8 Å². The molecule has 1 atom stereocenters. The zero-order chi connectivity index (χ0) is 24.7. The molecule has 2 aromatic rings. The van der Waals surface area contributed by atoms with E-state index in [2.05, 4.69) is 0 Å². The molecule has 33 heavy (non-hydrogen) atoms. The lowest BCUT2D eigenvalue weighted by atomic mass is 10.00. The number of benzene rings is 2. The molecule has 0 saturated heterocycles. The summed E-state index contributed by atoms with van der Waals surface area (Å²) < 4.78 is 45.6. The number of alkyl halides is 1. The lowest BCUT2D eigenvalue weighted by Gasteiger charge is -2.38. The lowest BCUT2D eigenvalue weighted by molar-refractivity contribution is -0.0386. The van der Waals surface area contributed by atoms with Crippen molar-refractivity contribution in [3.8, 4) is 0 Å². The lowest BCUT2D eigenvalue weighted by Crippen LogP contribution is -2.52. The Hall–Kier alpha value is -2.25. The van der Waals surface area contributed by atoms with Crippen molar-refractivity contribution in [3.63, 3.8) is 0 Å². The van der Waals surface area contributed by atoms with Gasteiger partial charge in [0.2, 0.25) is 0 Å². The Kier molecular flexibility index (Phi) is 9.20. The summed E-state index contributed by atoms with van der Waals surface area (Å²) in [5.41, 5.74) is -1.01. The zero-order valence-corrected chi connectivity index (χ0v) is 20.6. The number of phosphoric acid groups is 1. The Morgan fingerprint density at radius 1 is 0.939 bits per heavy atom. The van der Waals surface area contributed by atoms with Gasteiger partial charge in [0.25, 0.3) is 0 Å². The van der Waals surface area contributed by atoms with E-state index in [9.17, 15) is 14.5 Å². The van der Waals surface area contributed by atoms with Crippen LogP contribution in [-0.4, -0.2) is 40.0 Å². The maximum Gasteiger partial charge on any atom is 0.476 e. The van der Waals surface area contributed by atoms with Crippen LogP contribution in [0.4, 0.5) is 9.18 Å². The Morgan fingerprint density at radius 3 is 1.73 bits per heavy atom. The number of halogens is 1. The third-order valence-corrected chi connectivity index (χ3v) is 6.53. The highest BCUT2D eigenvalue weighted by Crippen LogP contribution is 2.54. The maximum absolute atomic E-state index is 15.3. The van der Waals surface area contributed by atoms with Crippen molar-refractivity contribution < 1.29 is 32.4 Å². The van der Waals surface area contributed by atoms with Crippen molar-refractivity contribution in [2.75, 3.05) is 6.54 Å². The Labute approximate surface area is 195 Å². The highest BCUT2D eigenvalue weighted by Gasteiger charge is 2.43. The largest absolute Gasteiger partial charge is 0.476 e. The van der Waals surface area contributed by atoms with Crippen LogP contribution in [0.3, 0.4) is 0 Å². The van der Waals surface area contributed by atoms with E-state index in [1.807, 2.05) is 36.4 Å². The summed E-state index contributed by atoms with van der Waals surface area (Å²) in [6.45, 7) is 7.18. The van der Waals surface area contributed by atoms with E-state index in [0.29, 0.717) is 0 Å². The van der Waals surface area contributed by atoms with E-state index in [1.165, 1.54) is 13.8 Å². The van der Waals surface area contributed by atoms with E-state index in [4.69, 9.17) is 13.6 Å². The fraction of sp³-hybridized carbons (Fsp3) is 0.458. The van der Waals surface area contributed by atoms with Crippen LogP contribution in [-0.2, 0) is 31.4 Å². The number of rotatable bonds is 11. The molecule has 1 N–H and O–H groups in total. The van der Waals surface area contributed by atoms with E-state index in [1.54, 1.807) is 45.0 Å². The van der Waals surface area contributed by atoms with Gasteiger partial charge < -0.3 is 10.0 Å². The molecule has 7 nitrogen and oxygen atoms in total. The van der Waals surface area contributed by atoms with Gasteiger partial charge in [0.1, 0.15) is 11.8 Å². The van der Waals surface area contributed by atoms with Gasteiger partial charge in [0.15, 0.2) is 0 Å². The molecular weight excluding hydrogens is 448 g/mol. The van der Waals surface area contributed by atoms with E-state index in [-0.39, 0.29) is 13.2 Å². The van der Waals surface area contributed by atoms with Gasteiger partial charge in [-0.15, -0.1) is 0 Å². The van der Waals surface area contributed by atoms with Crippen molar-refractivity contribution in [2.24, 2.45) is 0 Å². The highest BCUT2D eigenvalue weighted by molar-refractivity contribution is 7.48. The molecular formula is C24H33FNO6P. The Balaban J connectivity index is 2.19. The highest BCUT2D eigenvalue weighted by atomic mass is 31.2. The maximum atomic E-state index is 15.3. The quantitative estimate of drug-likeness (QED) is 0.372. The van der Waals surface area contributed by atoms with E-state index >= 15 is 4.39 Å². The Morgan fingerprint density at radius 2 is 1.36 bits per heavy atom. The first-order valence-corrected chi connectivity index (χ1v) is 12.1. The summed E-state index contributed by atoms with van der Waals surface area (Å²) in [6, 6.07) is 18.1. The summed E-state index contributed by atoms with van der Waals surface area (Å²) in [7, 11) is -4.24. The summed E-state index contributed by atoms with van der Waals surface area (Å²) in [6.07, 6.45) is -3.06. The molecule has 0 heterocycles. The number of carbonyl (C=O) groups is 1. The fourth-order valence-electron chi connectivity index (χ4n) is 2.91. The molecule has 9 heteroatoms. The van der Waals surface area contributed by atoms with Crippen molar-refractivity contribution in [2.45, 2.75) is 65.1 Å². The smallest absolute Gasteiger partial charge is 0.465 e. The second kappa shape index (κ2) is 11.3. The molecule has 182 valence electrons. The molecule has 0 aliphatic heterocycles. The predicted octanol–water partition coefficient (Wildman–Crippen LogP) is 6.44. The van der Waals surface area contributed by atoms with Gasteiger partial charge in [0, 0.05) is 5.54 Å². The van der Waals surface area contributed by atoms with Crippen molar-refractivity contribution in [1.29, 1.82) is 0 Å². The molecule has 0 aliphatic carbocycles. The molecule has 1 unspecified atom stereocenters. The van der Waals surface area contributed by atoms with E-state index in [0.717, 1.165) is 16.0 Å². The molecule has 0 aromatic heterocycles. The average molecular weight is 482 g/mol. The van der Waals surface area contributed by atoms with Crippen molar-refractivity contribution >= 4 is 13.9 Å². The van der Waals surface area contributed by atoms with Gasteiger partial charge in [-0.1, -0.05) is 60.7 Å². The van der Waals surface area contributed by atoms with E-state index < -0.39 is 37.8 Å². The van der Waals surface area contributed by atoms with Gasteiger partial charge in [-0.05, 0) is 45.7 Å². The number of carboxylic acid groups (broad SMARTS) is 1. The number of nitrogens with zero attached hydrogens (tertiary/aromatic N) is 1. The SMILES string of the molecule is CC(C)(OP(=O)(OCc1ccccc1)OCc1ccccc1)C(F)CN(C(=O)O)C(C)(C)C. The zero-order valence-electron chi connectivity index (χ0n) is 19.7. The topological polar surface area (TPSA) is 85.3 Å². The number of phosphoric ester groups is 1. The average Bonchev–Trinajstić information content (AvgIpc) is 2.74. The van der Waals surface area contributed by atoms with Gasteiger partial charge >= 0.3 is 13.9 Å². The molecule has 0 aliphatic rings. The normalized spacial score (nSPS) is 13.5. The fourth-order valence-corrected chi connectivity index (χ4v) is 4.39. The minimum Gasteiger partial charge on any atom is -0.465 e. The monoisotopic (exact) mass is 481 g/mol. The van der Waals surface area contributed by atoms with Crippen LogP contribution >= 0.6 is 7.82 Å². The first-order chi connectivity index (χ1) is 15.3. The number of amides is 1.